The Labute approximate surface area is 187 Å². The summed E-state index contributed by atoms with van der Waals surface area (Å²) < 4.78 is 81.2. The molecule has 0 atom stereocenters. The van der Waals surface area contributed by atoms with Gasteiger partial charge in [-0.3, -0.25) is 9.36 Å². The van der Waals surface area contributed by atoms with Gasteiger partial charge in [-0.2, -0.15) is 26.3 Å². The molecule has 0 aliphatic rings. The molecule has 0 saturated carbocycles. The van der Waals surface area contributed by atoms with E-state index in [1.807, 2.05) is 18.4 Å². The normalized spacial score (nSPS) is 12.7. The zero-order valence-electron chi connectivity index (χ0n) is 16.8. The lowest BCUT2D eigenvalue weighted by Gasteiger charge is -2.17. The first kappa shape index (κ1) is 22.8. The fourth-order valence-electron chi connectivity index (χ4n) is 3.28. The van der Waals surface area contributed by atoms with Crippen LogP contribution >= 0.6 is 11.3 Å². The van der Waals surface area contributed by atoms with Crippen molar-refractivity contribution in [3.63, 3.8) is 0 Å². The monoisotopic (exact) mass is 480 g/mol. The first-order chi connectivity index (χ1) is 15.4. The number of thiophene rings is 1. The summed E-state index contributed by atoms with van der Waals surface area (Å²) >= 11 is 1.39. The molecule has 3 nitrogen and oxygen atoms in total. The summed E-state index contributed by atoms with van der Waals surface area (Å²) in [5.41, 5.74) is -3.21. The van der Waals surface area contributed by atoms with Crippen molar-refractivity contribution in [3.05, 3.63) is 91.7 Å². The average Bonchev–Trinajstić information content (AvgIpc) is 3.15. The van der Waals surface area contributed by atoms with E-state index in [0.717, 1.165) is 15.0 Å². The Morgan fingerprint density at radius 1 is 0.909 bits per heavy atom. The van der Waals surface area contributed by atoms with Crippen LogP contribution in [0.5, 0.6) is 0 Å². The number of hydrogen-bond donors (Lipinski definition) is 0. The number of hydrogen-bond acceptors (Lipinski definition) is 3. The van der Waals surface area contributed by atoms with Gasteiger partial charge in [0.2, 0.25) is 0 Å². The van der Waals surface area contributed by atoms with Crippen LogP contribution in [0.2, 0.25) is 0 Å². The van der Waals surface area contributed by atoms with E-state index in [9.17, 15) is 31.1 Å². The molecule has 0 fully saturated rings. The second-order valence-corrected chi connectivity index (χ2v) is 8.14. The minimum Gasteiger partial charge on any atom is -0.268 e. The van der Waals surface area contributed by atoms with Gasteiger partial charge in [-0.15, -0.1) is 11.3 Å². The molecule has 0 aliphatic carbocycles. The molecule has 33 heavy (non-hydrogen) atoms. The molecule has 0 saturated heterocycles. The van der Waals surface area contributed by atoms with Crippen molar-refractivity contribution < 1.29 is 26.3 Å². The molecule has 0 spiro atoms. The Bertz CT molecular complexity index is 1400. The Morgan fingerprint density at radius 2 is 1.55 bits per heavy atom. The second-order valence-electron chi connectivity index (χ2n) is 7.19. The van der Waals surface area contributed by atoms with Gasteiger partial charge in [0.1, 0.15) is 5.82 Å². The van der Waals surface area contributed by atoms with Crippen LogP contribution in [0.15, 0.2) is 58.7 Å². The van der Waals surface area contributed by atoms with E-state index in [0.29, 0.717) is 12.1 Å². The summed E-state index contributed by atoms with van der Waals surface area (Å²) in [6, 6.07) is 9.02. The lowest BCUT2D eigenvalue weighted by Crippen LogP contribution is -2.23. The zero-order valence-corrected chi connectivity index (χ0v) is 17.6. The van der Waals surface area contributed by atoms with Gasteiger partial charge in [-0.05, 0) is 66.4 Å². The van der Waals surface area contributed by atoms with Crippen LogP contribution in [0, 0.1) is 6.92 Å². The standard InChI is InChI=1S/C23H14F6N2OS/c1-13-8-9-33-19(13)6-7-20-30-18-5-3-2-4-17(18)21(32)31(20)16-11-14(22(24,25)26)10-15(12-16)23(27,28)29/h2-12H,1H3/b7-6+. The fraction of sp³-hybridized carbons (Fsp3) is 0.130. The maximum absolute atomic E-state index is 13.4. The SMILES string of the molecule is Cc1ccsc1/C=C/c1nc2ccccc2c(=O)n1-c1cc(C(F)(F)F)cc(C(F)(F)F)c1. The van der Waals surface area contributed by atoms with Crippen molar-refractivity contribution in [1.29, 1.82) is 0 Å². The predicted octanol–water partition coefficient (Wildman–Crippen LogP) is 6.96. The van der Waals surface area contributed by atoms with Crippen LogP contribution in [0.25, 0.3) is 28.7 Å². The van der Waals surface area contributed by atoms with Crippen molar-refractivity contribution in [2.24, 2.45) is 0 Å². The number of benzene rings is 2. The lowest BCUT2D eigenvalue weighted by atomic mass is 10.1. The van der Waals surface area contributed by atoms with Gasteiger partial charge < -0.3 is 0 Å². The zero-order chi connectivity index (χ0) is 24.0. The third-order valence-corrected chi connectivity index (χ3v) is 5.90. The van der Waals surface area contributed by atoms with E-state index in [1.165, 1.54) is 29.5 Å². The number of halogens is 6. The number of alkyl halides is 6. The second kappa shape index (κ2) is 8.18. The van der Waals surface area contributed by atoms with Crippen LogP contribution in [0.4, 0.5) is 26.3 Å². The van der Waals surface area contributed by atoms with Gasteiger partial charge in [0.15, 0.2) is 0 Å². The van der Waals surface area contributed by atoms with Gasteiger partial charge in [0.05, 0.1) is 27.7 Å². The number of nitrogens with zero attached hydrogens (tertiary/aromatic N) is 2. The number of para-hydroxylation sites is 1. The van der Waals surface area contributed by atoms with Crippen LogP contribution in [0.1, 0.15) is 27.4 Å². The third kappa shape index (κ3) is 4.56. The van der Waals surface area contributed by atoms with Crippen molar-refractivity contribution >= 4 is 34.4 Å². The highest BCUT2D eigenvalue weighted by molar-refractivity contribution is 7.11. The van der Waals surface area contributed by atoms with Crippen LogP contribution < -0.4 is 5.56 Å². The van der Waals surface area contributed by atoms with Gasteiger partial charge in [-0.1, -0.05) is 12.1 Å². The summed E-state index contributed by atoms with van der Waals surface area (Å²) in [6.45, 7) is 1.85. The quantitative estimate of drug-likeness (QED) is 0.297. The van der Waals surface area contributed by atoms with Crippen molar-refractivity contribution in [1.82, 2.24) is 9.55 Å². The number of aromatic nitrogens is 2. The Hall–Kier alpha value is -3.40. The maximum Gasteiger partial charge on any atom is 0.416 e. The van der Waals surface area contributed by atoms with E-state index < -0.39 is 34.7 Å². The molecule has 10 heteroatoms. The van der Waals surface area contributed by atoms with E-state index in [2.05, 4.69) is 4.98 Å². The molecule has 0 amide bonds. The number of rotatable bonds is 3. The summed E-state index contributed by atoms with van der Waals surface area (Å²) in [4.78, 5) is 18.4. The first-order valence-electron chi connectivity index (χ1n) is 9.49. The minimum absolute atomic E-state index is 0.0214. The Balaban J connectivity index is 2.04. The molecule has 2 aromatic heterocycles. The highest BCUT2D eigenvalue weighted by Crippen LogP contribution is 2.37. The van der Waals surface area contributed by atoms with E-state index in [-0.39, 0.29) is 22.8 Å². The minimum atomic E-state index is -5.05. The van der Waals surface area contributed by atoms with Gasteiger partial charge >= 0.3 is 12.4 Å². The molecule has 0 bridgehead atoms. The molecule has 0 N–H and O–H groups in total. The smallest absolute Gasteiger partial charge is 0.268 e. The van der Waals surface area contributed by atoms with E-state index in [1.54, 1.807) is 18.2 Å². The van der Waals surface area contributed by atoms with Crippen molar-refractivity contribution in [3.8, 4) is 5.69 Å². The summed E-state index contributed by atoms with van der Waals surface area (Å²) in [6.07, 6.45) is -7.08. The molecule has 0 radical (unpaired) electrons. The van der Waals surface area contributed by atoms with Crippen LogP contribution in [-0.2, 0) is 12.4 Å². The first-order valence-corrected chi connectivity index (χ1v) is 10.4. The number of aryl methyl sites for hydroxylation is 1. The maximum atomic E-state index is 13.4. The Morgan fingerprint density at radius 3 is 2.12 bits per heavy atom. The highest BCUT2D eigenvalue weighted by atomic mass is 32.1. The average molecular weight is 480 g/mol. The summed E-state index contributed by atoms with van der Waals surface area (Å²) in [7, 11) is 0. The molecular formula is C23H14F6N2OS. The van der Waals surface area contributed by atoms with Crippen LogP contribution in [0.3, 0.4) is 0 Å². The summed E-state index contributed by atoms with van der Waals surface area (Å²) in [5.74, 6) is -0.0982. The fourth-order valence-corrected chi connectivity index (χ4v) is 4.10. The van der Waals surface area contributed by atoms with Gasteiger partial charge in [0.25, 0.3) is 5.56 Å². The molecule has 170 valence electrons. The highest BCUT2D eigenvalue weighted by Gasteiger charge is 2.37. The molecule has 2 heterocycles. The van der Waals surface area contributed by atoms with E-state index in [4.69, 9.17) is 0 Å². The molecule has 0 aliphatic heterocycles. The van der Waals surface area contributed by atoms with Crippen LogP contribution in [-0.4, -0.2) is 9.55 Å². The van der Waals surface area contributed by atoms with Crippen molar-refractivity contribution in [2.75, 3.05) is 0 Å². The molecule has 4 aromatic rings. The largest absolute Gasteiger partial charge is 0.416 e. The van der Waals surface area contributed by atoms with E-state index >= 15 is 0 Å². The Kier molecular flexibility index (Phi) is 5.65. The molecule has 2 aromatic carbocycles. The molecule has 4 rings (SSSR count). The van der Waals surface area contributed by atoms with Gasteiger partial charge in [-0.25, -0.2) is 4.98 Å². The lowest BCUT2D eigenvalue weighted by molar-refractivity contribution is -0.143. The van der Waals surface area contributed by atoms with Crippen molar-refractivity contribution in [2.45, 2.75) is 19.3 Å². The molecule has 0 unspecified atom stereocenters. The summed E-state index contributed by atoms with van der Waals surface area (Å²) in [5, 5.41) is 1.89. The van der Waals surface area contributed by atoms with Gasteiger partial charge in [0, 0.05) is 4.88 Å². The topological polar surface area (TPSA) is 34.9 Å². The molecular weight excluding hydrogens is 466 g/mol. The number of fused-ring (bicyclic) bond motifs is 1. The third-order valence-electron chi connectivity index (χ3n) is 4.92. The predicted molar refractivity (Wildman–Crippen MR) is 115 cm³/mol.